The highest BCUT2D eigenvalue weighted by Crippen LogP contribution is 2.42. The summed E-state index contributed by atoms with van der Waals surface area (Å²) in [4.78, 5) is 31.1. The maximum absolute atomic E-state index is 14.2. The quantitative estimate of drug-likeness (QED) is 0.110. The van der Waals surface area contributed by atoms with E-state index in [1.54, 1.807) is 29.9 Å². The molecule has 0 fully saturated rings. The molecule has 1 aliphatic carbocycles. The molecule has 4 aromatic carbocycles. The Labute approximate surface area is 286 Å². The van der Waals surface area contributed by atoms with Crippen molar-refractivity contribution in [2.24, 2.45) is 4.99 Å². The monoisotopic (exact) mass is 752 g/mol. The van der Waals surface area contributed by atoms with Gasteiger partial charge in [0.2, 0.25) is 0 Å². The summed E-state index contributed by atoms with van der Waals surface area (Å²) in [5.74, 6) is 1.03. The van der Waals surface area contributed by atoms with E-state index in [2.05, 4.69) is 34.7 Å². The first-order chi connectivity index (χ1) is 22.9. The third-order valence-electron chi connectivity index (χ3n) is 8.33. The van der Waals surface area contributed by atoms with Crippen LogP contribution in [0.15, 0.2) is 100 Å². The molecule has 1 aliphatic heterocycles. The Bertz CT molecular complexity index is 2350. The van der Waals surface area contributed by atoms with Crippen molar-refractivity contribution in [2.75, 3.05) is 7.11 Å². The van der Waals surface area contributed by atoms with Crippen molar-refractivity contribution < 1.29 is 14.4 Å². The minimum absolute atomic E-state index is 0.0277. The van der Waals surface area contributed by atoms with E-state index in [1.807, 2.05) is 60.7 Å². The number of ether oxygens (including phenoxy) is 2. The summed E-state index contributed by atoms with van der Waals surface area (Å²) in [6.45, 7) is 0.194. The molecule has 232 valence electrons. The van der Waals surface area contributed by atoms with Crippen LogP contribution in [0.3, 0.4) is 0 Å². The van der Waals surface area contributed by atoms with Gasteiger partial charge in [0, 0.05) is 23.3 Å². The number of nitriles is 1. The predicted molar refractivity (Wildman–Crippen MR) is 187 cm³/mol. The van der Waals surface area contributed by atoms with Crippen molar-refractivity contribution >= 4 is 51.4 Å². The molecule has 0 unspecified atom stereocenters. The van der Waals surface area contributed by atoms with E-state index in [0.29, 0.717) is 38.4 Å². The molecule has 0 saturated carbocycles. The SMILES string of the molecule is COc1cc(/C=c2/sc3n(c2=O)[C@@H](c2cccc([N+](=O)[O-])c2)C2=C(N=3)c3ccccc3CC2)cc(I)c1OCc1ccccc1C#N. The van der Waals surface area contributed by atoms with Gasteiger partial charge in [0.15, 0.2) is 16.3 Å². The van der Waals surface area contributed by atoms with Gasteiger partial charge in [-0.05, 0) is 82.0 Å². The second-order valence-corrected chi connectivity index (χ2v) is 13.2. The number of nitro benzene ring substituents is 1. The third kappa shape index (κ3) is 5.64. The zero-order valence-electron chi connectivity index (χ0n) is 25.0. The number of rotatable bonds is 7. The molecular weight excluding hydrogens is 727 g/mol. The summed E-state index contributed by atoms with van der Waals surface area (Å²) in [5.41, 5.74) is 6.47. The number of non-ortho nitro benzene ring substituents is 1. The summed E-state index contributed by atoms with van der Waals surface area (Å²) in [7, 11) is 1.56. The van der Waals surface area contributed by atoms with Crippen LogP contribution >= 0.6 is 33.9 Å². The van der Waals surface area contributed by atoms with Gasteiger partial charge in [-0.3, -0.25) is 19.5 Å². The van der Waals surface area contributed by atoms with Crippen molar-refractivity contribution in [2.45, 2.75) is 25.5 Å². The van der Waals surface area contributed by atoms with E-state index >= 15 is 0 Å². The van der Waals surface area contributed by atoms with Crippen LogP contribution < -0.4 is 24.4 Å². The lowest BCUT2D eigenvalue weighted by Gasteiger charge is -2.30. The van der Waals surface area contributed by atoms with Crippen molar-refractivity contribution in [1.82, 2.24) is 4.57 Å². The molecule has 1 atom stereocenters. The summed E-state index contributed by atoms with van der Waals surface area (Å²) in [6.07, 6.45) is 3.28. The number of nitro groups is 1. The lowest BCUT2D eigenvalue weighted by Crippen LogP contribution is -2.38. The van der Waals surface area contributed by atoms with Crippen LogP contribution in [0, 0.1) is 25.0 Å². The van der Waals surface area contributed by atoms with E-state index in [9.17, 15) is 20.2 Å². The van der Waals surface area contributed by atoms with Gasteiger partial charge in [-0.25, -0.2) is 4.99 Å². The Morgan fingerprint density at radius 1 is 1.11 bits per heavy atom. The van der Waals surface area contributed by atoms with Gasteiger partial charge in [-0.15, -0.1) is 0 Å². The fourth-order valence-corrected chi connectivity index (χ4v) is 7.93. The van der Waals surface area contributed by atoms with Gasteiger partial charge in [0.1, 0.15) is 6.61 Å². The van der Waals surface area contributed by atoms with Gasteiger partial charge >= 0.3 is 0 Å². The van der Waals surface area contributed by atoms with Gasteiger partial charge in [-0.2, -0.15) is 5.26 Å². The smallest absolute Gasteiger partial charge is 0.271 e. The maximum atomic E-state index is 14.2. The summed E-state index contributed by atoms with van der Waals surface area (Å²) < 4.78 is 14.7. The second-order valence-electron chi connectivity index (χ2n) is 11.1. The largest absolute Gasteiger partial charge is 0.493 e. The highest BCUT2D eigenvalue weighted by Gasteiger charge is 2.33. The van der Waals surface area contributed by atoms with Crippen LogP contribution in [-0.4, -0.2) is 16.6 Å². The van der Waals surface area contributed by atoms with Crippen LogP contribution in [0.2, 0.25) is 0 Å². The number of nitrogens with zero attached hydrogens (tertiary/aromatic N) is 4. The molecule has 5 aromatic rings. The fraction of sp³-hybridized carbons (Fsp3) is 0.139. The number of aromatic nitrogens is 1. The average Bonchev–Trinajstić information content (AvgIpc) is 3.40. The minimum atomic E-state index is -0.529. The number of methoxy groups -OCH3 is 1. The number of benzene rings is 4. The molecule has 1 aromatic heterocycles. The topological polar surface area (TPSA) is 120 Å². The van der Waals surface area contributed by atoms with E-state index in [-0.39, 0.29) is 17.9 Å². The summed E-state index contributed by atoms with van der Waals surface area (Å²) >= 11 is 3.46. The molecule has 11 heteroatoms. The number of halogens is 1. The number of hydrogen-bond acceptors (Lipinski definition) is 8. The Kier molecular flexibility index (Phi) is 8.21. The Hall–Kier alpha value is -5.06. The molecule has 9 nitrogen and oxygen atoms in total. The zero-order valence-corrected chi connectivity index (χ0v) is 27.9. The molecule has 0 N–H and O–H groups in total. The molecule has 7 rings (SSSR count). The molecule has 0 spiro atoms. The Balaban J connectivity index is 1.34. The normalized spacial score (nSPS) is 15.2. The number of thiazole rings is 1. The van der Waals surface area contributed by atoms with Crippen LogP contribution in [0.4, 0.5) is 5.69 Å². The Morgan fingerprint density at radius 3 is 2.72 bits per heavy atom. The first-order valence-electron chi connectivity index (χ1n) is 14.7. The van der Waals surface area contributed by atoms with Crippen LogP contribution in [-0.2, 0) is 13.0 Å². The molecule has 0 radical (unpaired) electrons. The number of allylic oxidation sites excluding steroid dienone is 1. The van der Waals surface area contributed by atoms with E-state index < -0.39 is 11.0 Å². The van der Waals surface area contributed by atoms with Crippen LogP contribution in [0.25, 0.3) is 11.8 Å². The number of aryl methyl sites for hydroxylation is 1. The fourth-order valence-electron chi connectivity index (χ4n) is 6.15. The Morgan fingerprint density at radius 2 is 1.91 bits per heavy atom. The van der Waals surface area contributed by atoms with Crippen molar-refractivity contribution in [3.63, 3.8) is 0 Å². The van der Waals surface area contributed by atoms with Crippen molar-refractivity contribution in [3.8, 4) is 17.6 Å². The maximum Gasteiger partial charge on any atom is 0.271 e. The second kappa shape index (κ2) is 12.6. The third-order valence-corrected chi connectivity index (χ3v) is 10.1. The van der Waals surface area contributed by atoms with E-state index in [0.717, 1.165) is 38.0 Å². The lowest BCUT2D eigenvalue weighted by molar-refractivity contribution is -0.384. The summed E-state index contributed by atoms with van der Waals surface area (Å²) in [5, 5.41) is 21.2. The van der Waals surface area contributed by atoms with Crippen molar-refractivity contribution in [3.05, 3.63) is 157 Å². The lowest BCUT2D eigenvalue weighted by atomic mass is 9.83. The average molecular weight is 753 g/mol. The first-order valence-corrected chi connectivity index (χ1v) is 16.6. The molecule has 2 heterocycles. The van der Waals surface area contributed by atoms with Gasteiger partial charge in [0.25, 0.3) is 11.2 Å². The highest BCUT2D eigenvalue weighted by molar-refractivity contribution is 14.1. The molecule has 0 bridgehead atoms. The molecule has 47 heavy (non-hydrogen) atoms. The van der Waals surface area contributed by atoms with E-state index in [4.69, 9.17) is 14.5 Å². The van der Waals surface area contributed by atoms with Gasteiger partial charge < -0.3 is 9.47 Å². The minimum Gasteiger partial charge on any atom is -0.493 e. The van der Waals surface area contributed by atoms with Gasteiger partial charge in [-0.1, -0.05) is 65.9 Å². The standard InChI is InChI=1S/C36H25IN4O5S/c1-45-30-16-21(15-29(37)34(30)46-20-25-9-3-2-8-24(25)19-38)17-31-35(42)40-33(23-10-6-11-26(18-23)41(43)44)28-14-13-22-7-4-5-12-27(22)32(28)39-36(40)47-31/h2-12,15-18,33H,13-14,20H2,1H3/b31-17+/t33-/m0/s1. The summed E-state index contributed by atoms with van der Waals surface area (Å²) in [6, 6.07) is 27.3. The number of hydrogen-bond donors (Lipinski definition) is 0. The number of fused-ring (bicyclic) bond motifs is 3. The first kappa shape index (κ1) is 30.6. The molecule has 0 saturated heterocycles. The van der Waals surface area contributed by atoms with E-state index in [1.165, 1.54) is 23.0 Å². The molecular formula is C36H25IN4O5S. The highest BCUT2D eigenvalue weighted by atomic mass is 127. The van der Waals surface area contributed by atoms with Crippen LogP contribution in [0.5, 0.6) is 11.5 Å². The molecule has 2 aliphatic rings. The van der Waals surface area contributed by atoms with Gasteiger partial charge in [0.05, 0.1) is 43.5 Å². The molecule has 0 amide bonds. The zero-order chi connectivity index (χ0) is 32.7. The van der Waals surface area contributed by atoms with Crippen LogP contribution in [0.1, 0.15) is 45.8 Å². The predicted octanol–water partition coefficient (Wildman–Crippen LogP) is 6.29. The van der Waals surface area contributed by atoms with Crippen molar-refractivity contribution in [1.29, 1.82) is 5.26 Å².